The van der Waals surface area contributed by atoms with Gasteiger partial charge < -0.3 is 18.3 Å². The molecule has 0 fully saturated rings. The fourth-order valence-electron chi connectivity index (χ4n) is 3.52. The highest BCUT2D eigenvalue weighted by Gasteiger charge is 2.23. The zero-order valence-corrected chi connectivity index (χ0v) is 17.2. The average Bonchev–Trinajstić information content (AvgIpc) is 3.22. The first-order valence-electron chi connectivity index (χ1n) is 9.17. The molecule has 0 aliphatic carbocycles. The van der Waals surface area contributed by atoms with Crippen LogP contribution in [0.15, 0.2) is 48.2 Å². The summed E-state index contributed by atoms with van der Waals surface area (Å²) in [7, 11) is 2.88. The first kappa shape index (κ1) is 20.0. The molecule has 0 N–H and O–H groups in total. The Kier molecular flexibility index (Phi) is 4.83. The van der Waals surface area contributed by atoms with Crippen molar-refractivity contribution in [1.82, 2.24) is 4.68 Å². The Morgan fingerprint density at radius 2 is 1.87 bits per heavy atom. The number of pyridine rings is 1. The van der Waals surface area contributed by atoms with Gasteiger partial charge in [-0.1, -0.05) is 0 Å². The van der Waals surface area contributed by atoms with Crippen LogP contribution >= 0.6 is 0 Å². The van der Waals surface area contributed by atoms with Crippen molar-refractivity contribution in [2.24, 2.45) is 5.10 Å². The Morgan fingerprint density at radius 3 is 2.55 bits per heavy atom. The molecule has 0 saturated heterocycles. The largest absolute Gasteiger partial charge is 0.495 e. The van der Waals surface area contributed by atoms with E-state index in [9.17, 15) is 14.9 Å². The summed E-state index contributed by atoms with van der Waals surface area (Å²) < 4.78 is 23.1. The topological polar surface area (TPSA) is 120 Å². The molecule has 0 bridgehead atoms. The third-order valence-electron chi connectivity index (χ3n) is 4.96. The lowest BCUT2D eigenvalue weighted by Gasteiger charge is -2.10. The van der Waals surface area contributed by atoms with Gasteiger partial charge in [0.25, 0.3) is 5.56 Å². The number of methoxy groups -OCH3 is 2. The number of ether oxygens (including phenoxy) is 2. The maximum absolute atomic E-state index is 13.3. The molecule has 3 aromatic heterocycles. The maximum atomic E-state index is 13.3. The van der Waals surface area contributed by atoms with Crippen molar-refractivity contribution in [1.29, 1.82) is 5.26 Å². The second-order valence-corrected chi connectivity index (χ2v) is 6.77. The molecule has 31 heavy (non-hydrogen) atoms. The summed E-state index contributed by atoms with van der Waals surface area (Å²) in [6.07, 6.45) is 3.88. The van der Waals surface area contributed by atoms with E-state index in [-0.39, 0.29) is 33.6 Å². The molecule has 0 radical (unpaired) electrons. The van der Waals surface area contributed by atoms with Gasteiger partial charge in [-0.3, -0.25) is 9.59 Å². The minimum atomic E-state index is -0.569. The van der Waals surface area contributed by atoms with E-state index < -0.39 is 11.0 Å². The van der Waals surface area contributed by atoms with Gasteiger partial charge >= 0.3 is 0 Å². The monoisotopic (exact) mass is 419 g/mol. The molecule has 0 amide bonds. The molecular formula is C22H17N3O6. The van der Waals surface area contributed by atoms with Gasteiger partial charge in [-0.25, -0.2) is 4.68 Å². The van der Waals surface area contributed by atoms with E-state index in [4.69, 9.17) is 18.3 Å². The number of rotatable bonds is 4. The molecule has 156 valence electrons. The van der Waals surface area contributed by atoms with Crippen LogP contribution in [0.2, 0.25) is 0 Å². The van der Waals surface area contributed by atoms with Gasteiger partial charge in [-0.2, -0.15) is 10.4 Å². The fraction of sp³-hybridized carbons (Fsp3) is 0.182. The molecule has 9 heteroatoms. The van der Waals surface area contributed by atoms with E-state index in [2.05, 4.69) is 5.10 Å². The number of hydrogen-bond donors (Lipinski definition) is 0. The Morgan fingerprint density at radius 1 is 1.13 bits per heavy atom. The van der Waals surface area contributed by atoms with Gasteiger partial charge in [0.05, 0.1) is 37.6 Å². The summed E-state index contributed by atoms with van der Waals surface area (Å²) in [5, 5.41) is 14.1. The van der Waals surface area contributed by atoms with Gasteiger partial charge in [-0.05, 0) is 31.5 Å². The van der Waals surface area contributed by atoms with Crippen molar-refractivity contribution in [3.63, 3.8) is 0 Å². The van der Waals surface area contributed by atoms with Crippen LogP contribution in [-0.2, 0) is 0 Å². The zero-order chi connectivity index (χ0) is 22.3. The lowest BCUT2D eigenvalue weighted by Crippen LogP contribution is -2.23. The lowest BCUT2D eigenvalue weighted by atomic mass is 10.1. The van der Waals surface area contributed by atoms with Crippen LogP contribution in [0.4, 0.5) is 0 Å². The maximum Gasteiger partial charge on any atom is 0.289 e. The first-order chi connectivity index (χ1) is 14.9. The third kappa shape index (κ3) is 2.97. The summed E-state index contributed by atoms with van der Waals surface area (Å²) in [6, 6.07) is 5.21. The molecule has 4 aromatic rings. The zero-order valence-electron chi connectivity index (χ0n) is 17.2. The number of nitriles is 1. The number of furan rings is 1. The van der Waals surface area contributed by atoms with Gasteiger partial charge in [0.1, 0.15) is 29.0 Å². The van der Waals surface area contributed by atoms with Crippen LogP contribution in [0.3, 0.4) is 0 Å². The molecule has 0 spiro atoms. The van der Waals surface area contributed by atoms with Gasteiger partial charge in [0.15, 0.2) is 11.2 Å². The normalized spacial score (nSPS) is 11.3. The lowest BCUT2D eigenvalue weighted by molar-refractivity contribution is 0.400. The predicted molar refractivity (Wildman–Crippen MR) is 113 cm³/mol. The molecule has 9 nitrogen and oxygen atoms in total. The Bertz CT molecular complexity index is 1530. The second-order valence-electron chi connectivity index (χ2n) is 6.77. The molecule has 0 unspecified atom stereocenters. The second kappa shape index (κ2) is 7.50. The molecule has 0 aliphatic rings. The smallest absolute Gasteiger partial charge is 0.289 e. The van der Waals surface area contributed by atoms with E-state index >= 15 is 0 Å². The minimum Gasteiger partial charge on any atom is -0.495 e. The highest BCUT2D eigenvalue weighted by atomic mass is 16.5. The molecule has 3 heterocycles. The highest BCUT2D eigenvalue weighted by molar-refractivity contribution is 6.07. The summed E-state index contributed by atoms with van der Waals surface area (Å²) in [5.41, 5.74) is 0.706. The first-order valence-corrected chi connectivity index (χ1v) is 9.17. The molecule has 1 aromatic carbocycles. The summed E-state index contributed by atoms with van der Waals surface area (Å²) in [6.45, 7) is 3.36. The van der Waals surface area contributed by atoms with Crippen molar-refractivity contribution in [3.05, 3.63) is 67.6 Å². The number of hydrogen-bond acceptors (Lipinski definition) is 8. The number of aryl methyl sites for hydroxylation is 2. The Hall–Kier alpha value is -4.32. The summed E-state index contributed by atoms with van der Waals surface area (Å²) in [5.74, 6) is 0.541. The van der Waals surface area contributed by atoms with Crippen LogP contribution in [0, 0.1) is 25.2 Å². The highest BCUT2D eigenvalue weighted by Crippen LogP contribution is 2.41. The van der Waals surface area contributed by atoms with Crippen molar-refractivity contribution in [2.45, 2.75) is 13.8 Å². The van der Waals surface area contributed by atoms with Crippen LogP contribution < -0.4 is 20.5 Å². The van der Waals surface area contributed by atoms with Gasteiger partial charge in [0.2, 0.25) is 11.2 Å². The van der Waals surface area contributed by atoms with Gasteiger partial charge in [-0.15, -0.1) is 0 Å². The van der Waals surface area contributed by atoms with Crippen molar-refractivity contribution < 1.29 is 18.3 Å². The Balaban J connectivity index is 1.97. The fourth-order valence-corrected chi connectivity index (χ4v) is 3.52. The van der Waals surface area contributed by atoms with E-state index in [1.807, 2.05) is 6.07 Å². The summed E-state index contributed by atoms with van der Waals surface area (Å²) in [4.78, 5) is 25.8. The quantitative estimate of drug-likeness (QED) is 0.466. The van der Waals surface area contributed by atoms with Gasteiger partial charge in [0, 0.05) is 5.69 Å². The SMILES string of the molecule is COc1c2occc2c(OC)c2c(=O)c(/C=N/n3c(C)cc(C)c(C#N)c3=O)coc12. The number of benzene rings is 1. The molecule has 4 rings (SSSR count). The van der Waals surface area contributed by atoms with E-state index in [0.717, 1.165) is 4.68 Å². The van der Waals surface area contributed by atoms with E-state index in [0.29, 0.717) is 22.2 Å². The Labute approximate surface area is 175 Å². The number of aromatic nitrogens is 1. The van der Waals surface area contributed by atoms with Crippen LogP contribution in [-0.4, -0.2) is 25.1 Å². The molecule has 0 atom stereocenters. The standard InChI is InChI=1S/C22H17N3O6/c1-11-7-12(2)25(22(27)15(11)8-23)24-9-13-10-31-20-16(17(13)26)18(28-3)14-5-6-30-19(14)21(20)29-4/h5-7,9-10H,1-4H3/b24-9+. The number of nitrogens with zero attached hydrogens (tertiary/aromatic N) is 3. The van der Waals surface area contributed by atoms with Crippen LogP contribution in [0.1, 0.15) is 22.4 Å². The van der Waals surface area contributed by atoms with Crippen molar-refractivity contribution >= 4 is 28.2 Å². The van der Waals surface area contributed by atoms with Crippen LogP contribution in [0.25, 0.3) is 21.9 Å². The van der Waals surface area contributed by atoms with E-state index in [1.54, 1.807) is 26.0 Å². The van der Waals surface area contributed by atoms with Crippen molar-refractivity contribution in [2.75, 3.05) is 14.2 Å². The minimum absolute atomic E-state index is 0.0120. The van der Waals surface area contributed by atoms with E-state index in [1.165, 1.54) is 33.0 Å². The third-order valence-corrected chi connectivity index (χ3v) is 4.96. The summed E-state index contributed by atoms with van der Waals surface area (Å²) >= 11 is 0. The average molecular weight is 419 g/mol. The number of fused-ring (bicyclic) bond motifs is 2. The van der Waals surface area contributed by atoms with Crippen molar-refractivity contribution in [3.8, 4) is 17.6 Å². The predicted octanol–water partition coefficient (Wildman–Crippen LogP) is 3.09. The molecule has 0 saturated carbocycles. The van der Waals surface area contributed by atoms with Crippen LogP contribution in [0.5, 0.6) is 11.5 Å². The molecular weight excluding hydrogens is 402 g/mol. The molecule has 0 aliphatic heterocycles.